The Balaban J connectivity index is 2.38. The van der Waals surface area contributed by atoms with Gasteiger partial charge >= 0.3 is 0 Å². The minimum atomic E-state index is -0.378. The molecular weight excluding hydrogens is 291 g/mol. The van der Waals surface area contributed by atoms with Crippen molar-refractivity contribution in [2.75, 3.05) is 7.11 Å². The van der Waals surface area contributed by atoms with Crippen molar-refractivity contribution in [1.82, 2.24) is 0 Å². The van der Waals surface area contributed by atoms with Crippen molar-refractivity contribution in [2.45, 2.75) is 5.38 Å². The van der Waals surface area contributed by atoms with Crippen LogP contribution in [-0.2, 0) is 0 Å². The maximum absolute atomic E-state index is 6.43. The van der Waals surface area contributed by atoms with Crippen molar-refractivity contribution in [3.05, 3.63) is 63.6 Å². The number of methoxy groups -OCH3 is 1. The first-order valence-corrected chi connectivity index (χ1v) is 6.54. The molecule has 0 fully saturated rings. The second-order valence-corrected chi connectivity index (χ2v) is 5.02. The number of halogens is 3. The number of alkyl halides is 1. The lowest BCUT2D eigenvalue weighted by Crippen LogP contribution is -1.96. The van der Waals surface area contributed by atoms with E-state index in [1.807, 2.05) is 24.3 Å². The average Bonchev–Trinajstić information content (AvgIpc) is 2.38. The van der Waals surface area contributed by atoms with Crippen molar-refractivity contribution in [3.8, 4) is 5.75 Å². The van der Waals surface area contributed by atoms with Gasteiger partial charge in [0.1, 0.15) is 5.75 Å². The van der Waals surface area contributed by atoms with Crippen LogP contribution in [0.5, 0.6) is 5.75 Å². The maximum Gasteiger partial charge on any atom is 0.118 e. The summed E-state index contributed by atoms with van der Waals surface area (Å²) < 4.78 is 5.11. The fraction of sp³-hybridized carbons (Fsp3) is 0.143. The van der Waals surface area contributed by atoms with Gasteiger partial charge in [-0.15, -0.1) is 11.6 Å². The van der Waals surface area contributed by atoms with Gasteiger partial charge in [0.15, 0.2) is 0 Å². The van der Waals surface area contributed by atoms with Crippen molar-refractivity contribution in [1.29, 1.82) is 0 Å². The Morgan fingerprint density at radius 1 is 0.944 bits per heavy atom. The monoisotopic (exact) mass is 300 g/mol. The molecule has 0 aliphatic carbocycles. The normalized spacial score (nSPS) is 12.2. The van der Waals surface area contributed by atoms with E-state index in [1.165, 1.54) is 0 Å². The number of hydrogen-bond donors (Lipinski definition) is 0. The largest absolute Gasteiger partial charge is 0.497 e. The summed E-state index contributed by atoms with van der Waals surface area (Å²) in [6.07, 6.45) is 0. The highest BCUT2D eigenvalue weighted by Gasteiger charge is 2.17. The van der Waals surface area contributed by atoms with Crippen LogP contribution in [0.1, 0.15) is 16.5 Å². The highest BCUT2D eigenvalue weighted by molar-refractivity contribution is 6.38. The van der Waals surface area contributed by atoms with Crippen LogP contribution in [0, 0.1) is 0 Å². The topological polar surface area (TPSA) is 9.23 Å². The molecule has 0 saturated carbocycles. The van der Waals surface area contributed by atoms with E-state index in [2.05, 4.69) is 0 Å². The van der Waals surface area contributed by atoms with Crippen LogP contribution in [0.2, 0.25) is 10.0 Å². The SMILES string of the molecule is COc1ccc(C(Cl)c2c(Cl)cccc2Cl)cc1. The molecule has 1 nitrogen and oxygen atoms in total. The van der Waals surface area contributed by atoms with Crippen LogP contribution in [0.4, 0.5) is 0 Å². The molecule has 18 heavy (non-hydrogen) atoms. The van der Waals surface area contributed by atoms with Gasteiger partial charge in [0.2, 0.25) is 0 Å². The van der Waals surface area contributed by atoms with Gasteiger partial charge in [-0.3, -0.25) is 0 Å². The number of benzene rings is 2. The Kier molecular flexibility index (Phi) is 4.39. The minimum Gasteiger partial charge on any atom is -0.497 e. The Hall–Kier alpha value is -0.890. The van der Waals surface area contributed by atoms with Crippen molar-refractivity contribution in [3.63, 3.8) is 0 Å². The third-order valence-electron chi connectivity index (χ3n) is 2.66. The number of hydrogen-bond acceptors (Lipinski definition) is 1. The lowest BCUT2D eigenvalue weighted by Gasteiger charge is -2.14. The average molecular weight is 302 g/mol. The first kappa shape index (κ1) is 13.5. The molecule has 0 radical (unpaired) electrons. The molecular formula is C14H11Cl3O. The fourth-order valence-corrected chi connectivity index (χ4v) is 2.80. The van der Waals surface area contributed by atoms with E-state index in [0.717, 1.165) is 16.9 Å². The molecule has 2 aromatic carbocycles. The van der Waals surface area contributed by atoms with E-state index in [-0.39, 0.29) is 5.38 Å². The Bertz CT molecular complexity index is 517. The maximum atomic E-state index is 6.43. The van der Waals surface area contributed by atoms with E-state index in [9.17, 15) is 0 Å². The summed E-state index contributed by atoms with van der Waals surface area (Å²) in [7, 11) is 1.62. The van der Waals surface area contributed by atoms with E-state index >= 15 is 0 Å². The Morgan fingerprint density at radius 2 is 1.50 bits per heavy atom. The van der Waals surface area contributed by atoms with E-state index in [4.69, 9.17) is 39.5 Å². The molecule has 0 N–H and O–H groups in total. The van der Waals surface area contributed by atoms with Crippen LogP contribution in [0.3, 0.4) is 0 Å². The molecule has 0 spiro atoms. The summed E-state index contributed by atoms with van der Waals surface area (Å²) in [4.78, 5) is 0. The van der Waals surface area contributed by atoms with Gasteiger partial charge in [0, 0.05) is 15.6 Å². The zero-order valence-corrected chi connectivity index (χ0v) is 11.9. The van der Waals surface area contributed by atoms with Gasteiger partial charge in [0.05, 0.1) is 12.5 Å². The first-order valence-electron chi connectivity index (χ1n) is 5.35. The van der Waals surface area contributed by atoms with E-state index in [1.54, 1.807) is 25.3 Å². The Labute approximate surface area is 121 Å². The first-order chi connectivity index (χ1) is 8.63. The Morgan fingerprint density at radius 3 is 2.00 bits per heavy atom. The van der Waals surface area contributed by atoms with Crippen molar-refractivity contribution < 1.29 is 4.74 Å². The summed E-state index contributed by atoms with van der Waals surface area (Å²) in [5, 5.41) is 0.758. The molecule has 0 heterocycles. The molecule has 0 aliphatic rings. The zero-order valence-electron chi connectivity index (χ0n) is 9.66. The quantitative estimate of drug-likeness (QED) is 0.696. The second-order valence-electron chi connectivity index (χ2n) is 3.77. The van der Waals surface area contributed by atoms with Gasteiger partial charge < -0.3 is 4.74 Å². The molecule has 2 rings (SSSR count). The van der Waals surface area contributed by atoms with Gasteiger partial charge in [0.25, 0.3) is 0 Å². The highest BCUT2D eigenvalue weighted by atomic mass is 35.5. The summed E-state index contributed by atoms with van der Waals surface area (Å²) in [5.41, 5.74) is 1.65. The highest BCUT2D eigenvalue weighted by Crippen LogP contribution is 2.38. The lowest BCUT2D eigenvalue weighted by atomic mass is 10.0. The van der Waals surface area contributed by atoms with Gasteiger partial charge in [-0.2, -0.15) is 0 Å². The third kappa shape index (κ3) is 2.74. The smallest absolute Gasteiger partial charge is 0.118 e. The van der Waals surface area contributed by atoms with Crippen molar-refractivity contribution >= 4 is 34.8 Å². The van der Waals surface area contributed by atoms with E-state index < -0.39 is 0 Å². The van der Waals surface area contributed by atoms with Crippen LogP contribution >= 0.6 is 34.8 Å². The molecule has 1 unspecified atom stereocenters. The van der Waals surface area contributed by atoms with Crippen LogP contribution in [-0.4, -0.2) is 7.11 Å². The molecule has 0 saturated heterocycles. The second kappa shape index (κ2) is 5.83. The van der Waals surface area contributed by atoms with Crippen LogP contribution in [0.15, 0.2) is 42.5 Å². The molecule has 0 aromatic heterocycles. The number of rotatable bonds is 3. The fourth-order valence-electron chi connectivity index (χ4n) is 1.69. The van der Waals surface area contributed by atoms with Gasteiger partial charge in [-0.25, -0.2) is 0 Å². The zero-order chi connectivity index (χ0) is 13.1. The summed E-state index contributed by atoms with van der Waals surface area (Å²) in [6.45, 7) is 0. The summed E-state index contributed by atoms with van der Waals surface area (Å²) in [6, 6.07) is 12.9. The minimum absolute atomic E-state index is 0.378. The molecule has 0 amide bonds. The molecule has 0 aliphatic heterocycles. The molecule has 94 valence electrons. The number of ether oxygens (including phenoxy) is 1. The molecule has 4 heteroatoms. The van der Waals surface area contributed by atoms with E-state index in [0.29, 0.717) is 10.0 Å². The summed E-state index contributed by atoms with van der Waals surface area (Å²) in [5.74, 6) is 0.785. The van der Waals surface area contributed by atoms with Gasteiger partial charge in [-0.05, 0) is 29.8 Å². The molecule has 0 bridgehead atoms. The standard InChI is InChI=1S/C14H11Cl3O/c1-18-10-7-5-9(6-8-10)14(17)13-11(15)3-2-4-12(13)16/h2-8,14H,1H3. The predicted octanol–water partition coefficient (Wildman–Crippen LogP) is 5.33. The van der Waals surface area contributed by atoms with Crippen molar-refractivity contribution in [2.24, 2.45) is 0 Å². The van der Waals surface area contributed by atoms with Crippen LogP contribution in [0.25, 0.3) is 0 Å². The summed E-state index contributed by atoms with van der Waals surface area (Å²) >= 11 is 18.7. The van der Waals surface area contributed by atoms with Crippen LogP contribution < -0.4 is 4.74 Å². The van der Waals surface area contributed by atoms with Gasteiger partial charge in [-0.1, -0.05) is 41.4 Å². The molecule has 1 atom stereocenters. The molecule has 2 aromatic rings. The third-order valence-corrected chi connectivity index (χ3v) is 3.79. The predicted molar refractivity (Wildman–Crippen MR) is 77.2 cm³/mol. The lowest BCUT2D eigenvalue weighted by molar-refractivity contribution is 0.414.